The quantitative estimate of drug-likeness (QED) is 0.662. The van der Waals surface area contributed by atoms with Gasteiger partial charge in [-0.25, -0.2) is 0 Å². The number of carbonyl (C=O) groups excluding carboxylic acids is 1. The van der Waals surface area contributed by atoms with Crippen LogP contribution in [0.3, 0.4) is 0 Å². The van der Waals surface area contributed by atoms with E-state index in [-0.39, 0.29) is 12.3 Å². The SMILES string of the molecule is O=C(CCc1nc(-c2cccnc2)no1)Nc1cc2c(cc1Br)OCCO2. The van der Waals surface area contributed by atoms with Crippen LogP contribution in [0.2, 0.25) is 0 Å². The number of aromatic nitrogens is 3. The Balaban J connectivity index is 1.37. The molecule has 1 aromatic carbocycles. The molecule has 27 heavy (non-hydrogen) atoms. The number of halogens is 1. The van der Waals surface area contributed by atoms with Crippen LogP contribution in [-0.2, 0) is 11.2 Å². The Morgan fingerprint density at radius 1 is 1.22 bits per heavy atom. The molecule has 0 unspecified atom stereocenters. The number of amides is 1. The molecule has 1 amide bonds. The van der Waals surface area contributed by atoms with Crippen LogP contribution in [0.25, 0.3) is 11.4 Å². The Labute approximate surface area is 163 Å². The van der Waals surface area contributed by atoms with Crippen molar-refractivity contribution in [2.24, 2.45) is 0 Å². The zero-order valence-electron chi connectivity index (χ0n) is 14.1. The van der Waals surface area contributed by atoms with Crippen molar-refractivity contribution >= 4 is 27.5 Å². The number of nitrogens with zero attached hydrogens (tertiary/aromatic N) is 3. The maximum Gasteiger partial charge on any atom is 0.227 e. The van der Waals surface area contributed by atoms with Gasteiger partial charge in [0, 0.05) is 47.4 Å². The van der Waals surface area contributed by atoms with Gasteiger partial charge in [-0.2, -0.15) is 4.98 Å². The largest absolute Gasteiger partial charge is 0.486 e. The summed E-state index contributed by atoms with van der Waals surface area (Å²) in [6.45, 7) is 0.995. The van der Waals surface area contributed by atoms with Crippen molar-refractivity contribution in [3.63, 3.8) is 0 Å². The summed E-state index contributed by atoms with van der Waals surface area (Å²) in [7, 11) is 0. The molecule has 0 atom stereocenters. The Morgan fingerprint density at radius 3 is 2.81 bits per heavy atom. The number of pyridine rings is 1. The third-order valence-electron chi connectivity index (χ3n) is 3.86. The number of hydrogen-bond donors (Lipinski definition) is 1. The highest BCUT2D eigenvalue weighted by atomic mass is 79.9. The summed E-state index contributed by atoms with van der Waals surface area (Å²) in [6, 6.07) is 7.16. The van der Waals surface area contributed by atoms with Crippen LogP contribution in [0.4, 0.5) is 5.69 Å². The first-order chi connectivity index (χ1) is 13.2. The van der Waals surface area contributed by atoms with Gasteiger partial charge in [0.1, 0.15) is 13.2 Å². The fraction of sp³-hybridized carbons (Fsp3) is 0.222. The number of aryl methyl sites for hydroxylation is 1. The minimum absolute atomic E-state index is 0.173. The third-order valence-corrected chi connectivity index (χ3v) is 4.52. The number of benzene rings is 1. The monoisotopic (exact) mass is 430 g/mol. The van der Waals surface area contributed by atoms with Crippen LogP contribution in [0.1, 0.15) is 12.3 Å². The van der Waals surface area contributed by atoms with Crippen LogP contribution in [0.5, 0.6) is 11.5 Å². The number of fused-ring (bicyclic) bond motifs is 1. The van der Waals surface area contributed by atoms with Crippen LogP contribution in [0, 0.1) is 0 Å². The first-order valence-electron chi connectivity index (χ1n) is 8.31. The second kappa shape index (κ2) is 7.75. The number of carbonyl (C=O) groups is 1. The Morgan fingerprint density at radius 2 is 2.04 bits per heavy atom. The maximum absolute atomic E-state index is 12.3. The summed E-state index contributed by atoms with van der Waals surface area (Å²) in [5.41, 5.74) is 1.38. The average Bonchev–Trinajstić information content (AvgIpc) is 3.17. The zero-order chi connectivity index (χ0) is 18.6. The van der Waals surface area contributed by atoms with Gasteiger partial charge in [-0.3, -0.25) is 9.78 Å². The highest BCUT2D eigenvalue weighted by Crippen LogP contribution is 2.38. The molecule has 2 aromatic heterocycles. The molecule has 9 heteroatoms. The van der Waals surface area contributed by atoms with E-state index in [0.29, 0.717) is 48.5 Å². The number of ether oxygens (including phenoxy) is 2. The molecule has 0 spiro atoms. The van der Waals surface area contributed by atoms with Gasteiger partial charge in [-0.05, 0) is 28.1 Å². The molecule has 1 aliphatic rings. The minimum atomic E-state index is -0.173. The van der Waals surface area contributed by atoms with E-state index in [1.54, 1.807) is 30.6 Å². The smallest absolute Gasteiger partial charge is 0.227 e. The van der Waals surface area contributed by atoms with Crippen molar-refractivity contribution in [1.29, 1.82) is 0 Å². The molecular formula is C18H15BrN4O4. The summed E-state index contributed by atoms with van der Waals surface area (Å²) in [6.07, 6.45) is 3.86. The fourth-order valence-corrected chi connectivity index (χ4v) is 2.98. The number of anilines is 1. The van der Waals surface area contributed by atoms with E-state index in [1.165, 1.54) is 0 Å². The van der Waals surface area contributed by atoms with Gasteiger partial charge in [0.25, 0.3) is 0 Å². The van der Waals surface area contributed by atoms with E-state index >= 15 is 0 Å². The summed E-state index contributed by atoms with van der Waals surface area (Å²) >= 11 is 3.43. The van der Waals surface area contributed by atoms with Crippen LogP contribution in [0.15, 0.2) is 45.7 Å². The Bertz CT molecular complexity index is 961. The lowest BCUT2D eigenvalue weighted by atomic mass is 10.2. The molecule has 8 nitrogen and oxygen atoms in total. The molecule has 3 aromatic rings. The Kier molecular flexibility index (Phi) is 5.01. The first-order valence-corrected chi connectivity index (χ1v) is 9.10. The first kappa shape index (κ1) is 17.5. The van der Waals surface area contributed by atoms with Gasteiger partial charge >= 0.3 is 0 Å². The second-order valence-corrected chi connectivity index (χ2v) is 6.63. The van der Waals surface area contributed by atoms with Gasteiger partial charge in [0.15, 0.2) is 11.5 Å². The molecule has 3 heterocycles. The lowest BCUT2D eigenvalue weighted by Crippen LogP contribution is -2.17. The molecule has 0 radical (unpaired) electrons. The van der Waals surface area contributed by atoms with Crippen molar-refractivity contribution < 1.29 is 18.8 Å². The van der Waals surface area contributed by atoms with Crippen molar-refractivity contribution in [1.82, 2.24) is 15.1 Å². The fourth-order valence-electron chi connectivity index (χ4n) is 2.56. The summed E-state index contributed by atoms with van der Waals surface area (Å²) in [5, 5.41) is 6.76. The Hall–Kier alpha value is -2.94. The van der Waals surface area contributed by atoms with Crippen LogP contribution >= 0.6 is 15.9 Å². The number of hydrogen-bond acceptors (Lipinski definition) is 7. The van der Waals surface area contributed by atoms with E-state index in [1.807, 2.05) is 6.07 Å². The standard InChI is InChI=1S/C18H15BrN4O4/c19-12-8-14-15(26-7-6-25-14)9-13(12)21-16(24)3-4-17-22-18(23-27-17)11-2-1-5-20-10-11/h1-2,5,8-10H,3-4,6-7H2,(H,21,24). The zero-order valence-corrected chi connectivity index (χ0v) is 15.7. The molecule has 138 valence electrons. The molecule has 1 N–H and O–H groups in total. The van der Waals surface area contributed by atoms with Crippen LogP contribution < -0.4 is 14.8 Å². The minimum Gasteiger partial charge on any atom is -0.486 e. The molecule has 0 fully saturated rings. The van der Waals surface area contributed by atoms with Crippen molar-refractivity contribution in [3.8, 4) is 22.9 Å². The lowest BCUT2D eigenvalue weighted by Gasteiger charge is -2.20. The van der Waals surface area contributed by atoms with E-state index < -0.39 is 0 Å². The van der Waals surface area contributed by atoms with Crippen molar-refractivity contribution in [2.45, 2.75) is 12.8 Å². The molecular weight excluding hydrogens is 416 g/mol. The lowest BCUT2D eigenvalue weighted by molar-refractivity contribution is -0.116. The summed E-state index contributed by atoms with van der Waals surface area (Å²) in [4.78, 5) is 20.6. The number of nitrogens with one attached hydrogen (secondary N) is 1. The van der Waals surface area contributed by atoms with Gasteiger partial charge < -0.3 is 19.3 Å². The van der Waals surface area contributed by atoms with Gasteiger partial charge in [0.2, 0.25) is 17.6 Å². The van der Waals surface area contributed by atoms with Crippen LogP contribution in [-0.4, -0.2) is 34.2 Å². The molecule has 0 saturated heterocycles. The molecule has 4 rings (SSSR count). The van der Waals surface area contributed by atoms with E-state index in [9.17, 15) is 4.79 Å². The van der Waals surface area contributed by atoms with Crippen molar-refractivity contribution in [2.75, 3.05) is 18.5 Å². The third kappa shape index (κ3) is 4.08. The predicted molar refractivity (Wildman–Crippen MR) is 99.6 cm³/mol. The summed E-state index contributed by atoms with van der Waals surface area (Å²) in [5.74, 6) is 1.93. The van der Waals surface area contributed by atoms with Gasteiger partial charge in [-0.1, -0.05) is 5.16 Å². The van der Waals surface area contributed by atoms with Gasteiger partial charge in [-0.15, -0.1) is 0 Å². The second-order valence-electron chi connectivity index (χ2n) is 5.78. The molecule has 1 aliphatic heterocycles. The van der Waals surface area contributed by atoms with E-state index in [4.69, 9.17) is 14.0 Å². The molecule has 0 saturated carbocycles. The maximum atomic E-state index is 12.3. The van der Waals surface area contributed by atoms with Gasteiger partial charge in [0.05, 0.1) is 5.69 Å². The molecule has 0 bridgehead atoms. The van der Waals surface area contributed by atoms with E-state index in [2.05, 4.69) is 36.4 Å². The average molecular weight is 431 g/mol. The normalized spacial score (nSPS) is 12.6. The molecule has 0 aliphatic carbocycles. The topological polar surface area (TPSA) is 99.4 Å². The van der Waals surface area contributed by atoms with E-state index in [0.717, 1.165) is 10.0 Å². The van der Waals surface area contributed by atoms with Crippen molar-refractivity contribution in [3.05, 3.63) is 47.0 Å². The number of rotatable bonds is 5. The highest BCUT2D eigenvalue weighted by Gasteiger charge is 2.17. The summed E-state index contributed by atoms with van der Waals surface area (Å²) < 4.78 is 17.0. The predicted octanol–water partition coefficient (Wildman–Crippen LogP) is 3.24. The highest BCUT2D eigenvalue weighted by molar-refractivity contribution is 9.10.